The summed E-state index contributed by atoms with van der Waals surface area (Å²) in [6.45, 7) is 7.87. The van der Waals surface area contributed by atoms with Crippen molar-refractivity contribution >= 4 is 5.78 Å². The van der Waals surface area contributed by atoms with Crippen LogP contribution in [0.5, 0.6) is 0 Å². The van der Waals surface area contributed by atoms with Gasteiger partial charge in [-0.3, -0.25) is 4.79 Å². The fourth-order valence-corrected chi connectivity index (χ4v) is 1.61. The van der Waals surface area contributed by atoms with Crippen LogP contribution in [0.1, 0.15) is 37.5 Å². The lowest BCUT2D eigenvalue weighted by Gasteiger charge is -2.04. The number of nitrogens with zero attached hydrogens (tertiary/aromatic N) is 2. The van der Waals surface area contributed by atoms with Crippen molar-refractivity contribution in [2.45, 2.75) is 40.5 Å². The Balaban J connectivity index is 2.68. The summed E-state index contributed by atoms with van der Waals surface area (Å²) in [6.07, 6.45) is 1.06. The SMILES string of the molecule is Cc1cc(CC(=O)CC(C)C)nc(C)n1. The molecule has 0 saturated heterocycles. The Hall–Kier alpha value is -1.25. The van der Waals surface area contributed by atoms with Crippen molar-refractivity contribution in [2.75, 3.05) is 0 Å². The Morgan fingerprint density at radius 1 is 1.33 bits per heavy atom. The second-order valence-electron chi connectivity index (χ2n) is 4.36. The van der Waals surface area contributed by atoms with Crippen LogP contribution < -0.4 is 0 Å². The van der Waals surface area contributed by atoms with E-state index in [1.165, 1.54) is 0 Å². The molecule has 1 aromatic rings. The van der Waals surface area contributed by atoms with Gasteiger partial charge in [-0.2, -0.15) is 0 Å². The van der Waals surface area contributed by atoms with Crippen LogP contribution >= 0.6 is 0 Å². The second-order valence-corrected chi connectivity index (χ2v) is 4.36. The first kappa shape index (κ1) is 11.8. The van der Waals surface area contributed by atoms with E-state index in [-0.39, 0.29) is 5.78 Å². The zero-order valence-corrected chi connectivity index (χ0v) is 9.87. The van der Waals surface area contributed by atoms with E-state index in [9.17, 15) is 4.79 Å². The third-order valence-corrected chi connectivity index (χ3v) is 2.03. The number of carbonyl (C=O) groups excluding carboxylic acids is 1. The van der Waals surface area contributed by atoms with E-state index < -0.39 is 0 Å². The molecule has 0 aliphatic heterocycles. The van der Waals surface area contributed by atoms with Gasteiger partial charge in [-0.15, -0.1) is 0 Å². The Kier molecular flexibility index (Phi) is 3.95. The van der Waals surface area contributed by atoms with Crippen LogP contribution in [0.3, 0.4) is 0 Å². The first-order chi connectivity index (χ1) is 6.97. The fourth-order valence-electron chi connectivity index (χ4n) is 1.61. The molecule has 1 heterocycles. The van der Waals surface area contributed by atoms with Gasteiger partial charge < -0.3 is 0 Å². The average molecular weight is 206 g/mol. The molecule has 0 spiro atoms. The predicted octanol–water partition coefficient (Wildman–Crippen LogP) is 2.25. The van der Waals surface area contributed by atoms with E-state index in [4.69, 9.17) is 0 Å². The fraction of sp³-hybridized carbons (Fsp3) is 0.583. The van der Waals surface area contributed by atoms with Gasteiger partial charge in [-0.25, -0.2) is 9.97 Å². The topological polar surface area (TPSA) is 42.9 Å². The Morgan fingerprint density at radius 3 is 2.53 bits per heavy atom. The monoisotopic (exact) mass is 206 g/mol. The summed E-state index contributed by atoms with van der Waals surface area (Å²) in [6, 6.07) is 1.88. The smallest absolute Gasteiger partial charge is 0.139 e. The first-order valence-electron chi connectivity index (χ1n) is 5.30. The maximum atomic E-state index is 11.6. The second kappa shape index (κ2) is 5.01. The van der Waals surface area contributed by atoms with Gasteiger partial charge in [0.25, 0.3) is 0 Å². The highest BCUT2D eigenvalue weighted by Gasteiger charge is 2.08. The molecule has 1 rings (SSSR count). The molecule has 15 heavy (non-hydrogen) atoms. The maximum absolute atomic E-state index is 11.6. The summed E-state index contributed by atoms with van der Waals surface area (Å²) in [7, 11) is 0. The van der Waals surface area contributed by atoms with Crippen molar-refractivity contribution < 1.29 is 4.79 Å². The minimum absolute atomic E-state index is 0.252. The van der Waals surface area contributed by atoms with E-state index >= 15 is 0 Å². The quantitative estimate of drug-likeness (QED) is 0.758. The molecule has 0 saturated carbocycles. The molecule has 0 atom stereocenters. The predicted molar refractivity (Wildman–Crippen MR) is 59.7 cm³/mol. The number of hydrogen-bond acceptors (Lipinski definition) is 3. The highest BCUT2D eigenvalue weighted by atomic mass is 16.1. The summed E-state index contributed by atoms with van der Waals surface area (Å²) in [5.74, 6) is 1.41. The van der Waals surface area contributed by atoms with Crippen molar-refractivity contribution in [3.05, 3.63) is 23.3 Å². The standard InChI is InChI=1S/C12H18N2O/c1-8(2)5-12(15)7-11-6-9(3)13-10(4)14-11/h6,8H,5,7H2,1-4H3. The van der Waals surface area contributed by atoms with Crippen LogP contribution in [0.4, 0.5) is 0 Å². The highest BCUT2D eigenvalue weighted by molar-refractivity contribution is 5.80. The summed E-state index contributed by atoms with van der Waals surface area (Å²) < 4.78 is 0. The molecule has 0 aromatic carbocycles. The molecule has 0 fully saturated rings. The van der Waals surface area contributed by atoms with Gasteiger partial charge >= 0.3 is 0 Å². The Labute approximate surface area is 91.0 Å². The van der Waals surface area contributed by atoms with Gasteiger partial charge in [0.15, 0.2) is 0 Å². The number of hydrogen-bond donors (Lipinski definition) is 0. The number of ketones is 1. The van der Waals surface area contributed by atoms with Crippen molar-refractivity contribution in [2.24, 2.45) is 5.92 Å². The first-order valence-corrected chi connectivity index (χ1v) is 5.30. The normalized spacial score (nSPS) is 10.7. The Bertz CT molecular complexity index is 338. The van der Waals surface area contributed by atoms with Gasteiger partial charge in [0.1, 0.15) is 11.6 Å². The average Bonchev–Trinajstić information content (AvgIpc) is 1.98. The van der Waals surface area contributed by atoms with Crippen molar-refractivity contribution in [3.8, 4) is 0 Å². The van der Waals surface area contributed by atoms with Crippen LogP contribution in [-0.2, 0) is 11.2 Å². The van der Waals surface area contributed by atoms with Crippen molar-refractivity contribution in [1.82, 2.24) is 9.97 Å². The van der Waals surface area contributed by atoms with E-state index in [0.717, 1.165) is 17.2 Å². The highest BCUT2D eigenvalue weighted by Crippen LogP contribution is 2.06. The van der Waals surface area contributed by atoms with Crippen molar-refractivity contribution in [1.29, 1.82) is 0 Å². The van der Waals surface area contributed by atoms with Crippen LogP contribution in [0.25, 0.3) is 0 Å². The van der Waals surface area contributed by atoms with Crippen molar-refractivity contribution in [3.63, 3.8) is 0 Å². The molecule has 0 aliphatic carbocycles. The molecular weight excluding hydrogens is 188 g/mol. The largest absolute Gasteiger partial charge is 0.299 e. The van der Waals surface area contributed by atoms with E-state index in [2.05, 4.69) is 9.97 Å². The summed E-state index contributed by atoms with van der Waals surface area (Å²) >= 11 is 0. The van der Waals surface area contributed by atoms with Gasteiger partial charge in [0.2, 0.25) is 0 Å². The minimum atomic E-state index is 0.252. The molecule has 3 nitrogen and oxygen atoms in total. The molecule has 82 valence electrons. The molecule has 0 unspecified atom stereocenters. The van der Waals surface area contributed by atoms with Crippen LogP contribution in [0, 0.1) is 19.8 Å². The number of aromatic nitrogens is 2. The van der Waals surface area contributed by atoms with Crippen LogP contribution in [0.15, 0.2) is 6.07 Å². The molecule has 0 bridgehead atoms. The molecule has 0 amide bonds. The lowest BCUT2D eigenvalue weighted by atomic mass is 10.0. The summed E-state index contributed by atoms with van der Waals surface area (Å²) in [5, 5.41) is 0. The molecule has 1 aromatic heterocycles. The summed E-state index contributed by atoms with van der Waals surface area (Å²) in [5.41, 5.74) is 1.76. The van der Waals surface area contributed by atoms with E-state index in [1.807, 2.05) is 33.8 Å². The van der Waals surface area contributed by atoms with Crippen LogP contribution in [-0.4, -0.2) is 15.8 Å². The third kappa shape index (κ3) is 4.19. The van der Waals surface area contributed by atoms with Gasteiger partial charge in [-0.1, -0.05) is 13.8 Å². The zero-order valence-electron chi connectivity index (χ0n) is 9.87. The van der Waals surface area contributed by atoms with Gasteiger partial charge in [-0.05, 0) is 25.8 Å². The van der Waals surface area contributed by atoms with E-state index in [0.29, 0.717) is 18.8 Å². The number of carbonyl (C=O) groups is 1. The van der Waals surface area contributed by atoms with Gasteiger partial charge in [0, 0.05) is 18.5 Å². The van der Waals surface area contributed by atoms with E-state index in [1.54, 1.807) is 0 Å². The van der Waals surface area contributed by atoms with Crippen LogP contribution in [0.2, 0.25) is 0 Å². The lowest BCUT2D eigenvalue weighted by Crippen LogP contribution is -2.09. The molecule has 3 heteroatoms. The Morgan fingerprint density at radius 2 is 2.00 bits per heavy atom. The third-order valence-electron chi connectivity index (χ3n) is 2.03. The summed E-state index contributed by atoms with van der Waals surface area (Å²) in [4.78, 5) is 20.0. The minimum Gasteiger partial charge on any atom is -0.299 e. The van der Waals surface area contributed by atoms with Gasteiger partial charge in [0.05, 0.1) is 5.69 Å². The zero-order chi connectivity index (χ0) is 11.4. The lowest BCUT2D eigenvalue weighted by molar-refractivity contribution is -0.119. The molecule has 0 N–H and O–H groups in total. The number of Topliss-reactive ketones (excluding diaryl/α,β-unsaturated/α-hetero) is 1. The molecular formula is C12H18N2O. The molecule has 0 radical (unpaired) electrons. The number of rotatable bonds is 4. The number of aryl methyl sites for hydroxylation is 2. The molecule has 0 aliphatic rings. The maximum Gasteiger partial charge on any atom is 0.139 e.